The van der Waals surface area contributed by atoms with E-state index in [1.807, 2.05) is 60.2 Å². The molecule has 6 rings (SSSR count). The summed E-state index contributed by atoms with van der Waals surface area (Å²) in [4.78, 5) is 39.1. The van der Waals surface area contributed by atoms with Gasteiger partial charge in [-0.15, -0.1) is 0 Å². The number of aromatic nitrogens is 3. The fourth-order valence-electron chi connectivity index (χ4n) is 8.57. The smallest absolute Gasteiger partial charge is 0.307 e. The first-order valence-corrected chi connectivity index (χ1v) is 20.7. The predicted octanol–water partition coefficient (Wildman–Crippen LogP) is 8.62. The molecular formula is C45H57N7O4S. The van der Waals surface area contributed by atoms with Gasteiger partial charge < -0.3 is 19.6 Å². The Morgan fingerprint density at radius 3 is 2.70 bits per heavy atom. The molecular weight excluding hydrogens is 735 g/mol. The summed E-state index contributed by atoms with van der Waals surface area (Å²) < 4.78 is 9.45. The van der Waals surface area contributed by atoms with Gasteiger partial charge >= 0.3 is 5.97 Å². The maximum atomic E-state index is 13.6. The Labute approximate surface area is 340 Å². The molecule has 1 aliphatic heterocycles. The van der Waals surface area contributed by atoms with Crippen molar-refractivity contribution in [1.29, 1.82) is 0 Å². The number of nitrogens with one attached hydrogen (secondary N) is 1. The number of rotatable bonds is 16. The normalized spacial score (nSPS) is 21.5. The number of hydrogen-bond donors (Lipinski definition) is 2. The monoisotopic (exact) mass is 791 g/mol. The molecule has 11 nitrogen and oxygen atoms in total. The molecule has 2 aromatic carbocycles. The minimum atomic E-state index is -0.930. The Balaban J connectivity index is 1.22. The molecule has 0 saturated carbocycles. The van der Waals surface area contributed by atoms with E-state index in [0.717, 1.165) is 71.2 Å². The molecule has 0 bridgehead atoms. The second-order valence-electron chi connectivity index (χ2n) is 16.5. The van der Waals surface area contributed by atoms with Gasteiger partial charge in [0, 0.05) is 43.0 Å². The van der Waals surface area contributed by atoms with Crippen LogP contribution in [0.4, 0.5) is 5.13 Å². The fourth-order valence-corrected chi connectivity index (χ4v) is 9.43. The molecule has 3 unspecified atom stereocenters. The Bertz CT molecular complexity index is 2150. The van der Waals surface area contributed by atoms with Crippen molar-refractivity contribution in [2.45, 2.75) is 85.4 Å². The van der Waals surface area contributed by atoms with Crippen LogP contribution in [0.3, 0.4) is 0 Å². The summed E-state index contributed by atoms with van der Waals surface area (Å²) in [5, 5.41) is 18.4. The number of ether oxygens (including phenoxy) is 1. The summed E-state index contributed by atoms with van der Waals surface area (Å²) in [5.74, 6) is -0.540. The van der Waals surface area contributed by atoms with E-state index in [4.69, 9.17) is 9.84 Å². The van der Waals surface area contributed by atoms with Crippen molar-refractivity contribution in [3.63, 3.8) is 0 Å². The van der Waals surface area contributed by atoms with Crippen LogP contribution in [0.25, 0.3) is 15.8 Å². The number of benzene rings is 2. The lowest BCUT2D eigenvalue weighted by Crippen LogP contribution is -2.33. The largest absolute Gasteiger partial charge is 0.481 e. The molecule has 0 spiro atoms. The van der Waals surface area contributed by atoms with Gasteiger partial charge in [-0.05, 0) is 105 Å². The van der Waals surface area contributed by atoms with Crippen molar-refractivity contribution in [3.8, 4) is 0 Å². The maximum absolute atomic E-state index is 13.6. The zero-order valence-electron chi connectivity index (χ0n) is 34.3. The standard InChI is InChI=1S/C45H57N7O4S/c1-8-20-44(3)21-18-34(56-24-23-50(6)7)26-45(4,29-44)30-52-31(2)36(27-47-52)33(25-41(53)54)16-17-40(46-5)51-22-19-32-12-11-13-35(37(32)28-51)42(55)49-43-48-38-14-9-10-15-39(38)57-43/h9-18,21,27,34H,5,8,19-20,22-26,28-30H2,1-4,6-7H3,(H,53,54)(H,48,49,55)/b33-16+,40-17+. The summed E-state index contributed by atoms with van der Waals surface area (Å²) >= 11 is 1.45. The summed E-state index contributed by atoms with van der Waals surface area (Å²) in [6.07, 6.45) is 14.7. The highest BCUT2D eigenvalue weighted by Crippen LogP contribution is 2.46. The van der Waals surface area contributed by atoms with Gasteiger partial charge in [0.15, 0.2) is 5.13 Å². The highest BCUT2D eigenvalue weighted by Gasteiger charge is 2.39. The molecule has 0 saturated heterocycles. The predicted molar refractivity (Wildman–Crippen MR) is 231 cm³/mol. The van der Waals surface area contributed by atoms with Gasteiger partial charge in [-0.25, -0.2) is 9.98 Å². The first-order chi connectivity index (χ1) is 27.3. The number of aliphatic carboxylic acids is 1. The van der Waals surface area contributed by atoms with Crippen LogP contribution >= 0.6 is 11.3 Å². The highest BCUT2D eigenvalue weighted by molar-refractivity contribution is 7.22. The van der Waals surface area contributed by atoms with Crippen LogP contribution in [-0.4, -0.2) is 88.2 Å². The number of hydrogen-bond acceptors (Lipinski definition) is 9. The maximum Gasteiger partial charge on any atom is 0.307 e. The molecule has 2 aliphatic rings. The van der Waals surface area contributed by atoms with Crippen molar-refractivity contribution in [3.05, 3.63) is 107 Å². The summed E-state index contributed by atoms with van der Waals surface area (Å²) in [6, 6.07) is 13.6. The van der Waals surface area contributed by atoms with E-state index in [1.54, 1.807) is 6.20 Å². The molecule has 4 aromatic rings. The third-order valence-electron chi connectivity index (χ3n) is 11.2. The second-order valence-corrected chi connectivity index (χ2v) is 17.5. The van der Waals surface area contributed by atoms with Crippen LogP contribution in [0.1, 0.15) is 85.6 Å². The minimum Gasteiger partial charge on any atom is -0.481 e. The number of nitrogens with zero attached hydrogens (tertiary/aromatic N) is 6. The molecule has 0 fully saturated rings. The molecule has 1 aliphatic carbocycles. The third kappa shape index (κ3) is 10.3. The van der Waals surface area contributed by atoms with Gasteiger partial charge in [-0.1, -0.05) is 81.0 Å². The van der Waals surface area contributed by atoms with Crippen LogP contribution in [0.15, 0.2) is 83.8 Å². The zero-order valence-corrected chi connectivity index (χ0v) is 35.1. The van der Waals surface area contributed by atoms with Crippen molar-refractivity contribution < 1.29 is 19.4 Å². The van der Waals surface area contributed by atoms with Gasteiger partial charge in [-0.3, -0.25) is 19.6 Å². The lowest BCUT2D eigenvalue weighted by Gasteiger charge is -2.37. The molecule has 0 radical (unpaired) electrons. The van der Waals surface area contributed by atoms with Gasteiger partial charge in [0.2, 0.25) is 0 Å². The van der Waals surface area contributed by atoms with Gasteiger partial charge in [0.05, 0.1) is 35.5 Å². The number of para-hydroxylation sites is 1. The molecule has 3 atom stereocenters. The number of anilines is 1. The van der Waals surface area contributed by atoms with Crippen LogP contribution in [0.2, 0.25) is 0 Å². The number of carbonyl (C=O) groups is 2. The van der Waals surface area contributed by atoms with Crippen molar-refractivity contribution in [1.82, 2.24) is 24.6 Å². The molecule has 2 N–H and O–H groups in total. The quantitative estimate of drug-likeness (QED) is 0.0657. The number of fused-ring (bicyclic) bond motifs is 2. The van der Waals surface area contributed by atoms with E-state index in [9.17, 15) is 14.7 Å². The van der Waals surface area contributed by atoms with Crippen LogP contribution in [0, 0.1) is 17.8 Å². The first-order valence-electron chi connectivity index (χ1n) is 19.9. The molecule has 302 valence electrons. The topological polar surface area (TPSA) is 125 Å². The van der Waals surface area contributed by atoms with E-state index >= 15 is 0 Å². The van der Waals surface area contributed by atoms with E-state index in [0.29, 0.717) is 48.3 Å². The van der Waals surface area contributed by atoms with E-state index < -0.39 is 5.97 Å². The SMILES string of the molecule is C=N/C(=C\C=C(/CC(=O)O)c1cnn(CC2(C)CC(OCCN(C)C)C=CC(C)(CCC)C2)c1C)N1CCc2cccc(C(=O)Nc3nc4ccccc4s3)c2C1. The minimum absolute atomic E-state index is 0.00664. The summed E-state index contributed by atoms with van der Waals surface area (Å²) in [6.45, 7) is 16.1. The molecule has 12 heteroatoms. The van der Waals surface area contributed by atoms with E-state index in [-0.39, 0.29) is 29.3 Å². The van der Waals surface area contributed by atoms with Gasteiger partial charge in [0.25, 0.3) is 5.91 Å². The highest BCUT2D eigenvalue weighted by atomic mass is 32.1. The van der Waals surface area contributed by atoms with E-state index in [2.05, 4.69) is 84.9 Å². The molecule has 1 amide bonds. The number of carboxylic acid groups (broad SMARTS) is 1. The third-order valence-corrected chi connectivity index (χ3v) is 12.2. The average molecular weight is 792 g/mol. The number of amides is 1. The summed E-state index contributed by atoms with van der Waals surface area (Å²) in [7, 11) is 4.11. The second kappa shape index (κ2) is 18.1. The average Bonchev–Trinajstić information content (AvgIpc) is 3.70. The molecule has 2 aromatic heterocycles. The van der Waals surface area contributed by atoms with Gasteiger partial charge in [0.1, 0.15) is 5.82 Å². The zero-order chi connectivity index (χ0) is 40.7. The first kappa shape index (κ1) is 41.7. The van der Waals surface area contributed by atoms with Crippen molar-refractivity contribution in [2.24, 2.45) is 15.8 Å². The Morgan fingerprint density at radius 1 is 1.16 bits per heavy atom. The lowest BCUT2D eigenvalue weighted by molar-refractivity contribution is -0.135. The number of carboxylic acids is 1. The van der Waals surface area contributed by atoms with Gasteiger partial charge in [-0.2, -0.15) is 5.10 Å². The van der Waals surface area contributed by atoms with Crippen LogP contribution in [0.5, 0.6) is 0 Å². The summed E-state index contributed by atoms with van der Waals surface area (Å²) in [5.41, 5.74) is 5.73. The lowest BCUT2D eigenvalue weighted by atomic mass is 9.70. The number of allylic oxidation sites excluding steroid dienone is 3. The van der Waals surface area contributed by atoms with Crippen molar-refractivity contribution in [2.75, 3.05) is 39.1 Å². The Hall–Kier alpha value is -4.91. The number of thiazole rings is 1. The number of aliphatic imine (C=N–C) groups is 1. The Morgan fingerprint density at radius 2 is 1.96 bits per heavy atom. The van der Waals surface area contributed by atoms with Crippen LogP contribution in [-0.2, 0) is 29.0 Å². The fraction of sp³-hybridized carbons (Fsp3) is 0.444. The number of likely N-dealkylation sites (N-methyl/N-ethyl adjacent to an activating group) is 1. The molecule has 57 heavy (non-hydrogen) atoms. The van der Waals surface area contributed by atoms with Crippen molar-refractivity contribution >= 4 is 50.9 Å². The number of carbonyl (C=O) groups excluding carboxylic acids is 1. The van der Waals surface area contributed by atoms with Crippen LogP contribution < -0.4 is 5.32 Å². The molecule has 3 heterocycles. The van der Waals surface area contributed by atoms with E-state index in [1.165, 1.54) is 11.3 Å². The Kier molecular flexibility index (Phi) is 13.3.